The van der Waals surface area contributed by atoms with Gasteiger partial charge in [0.05, 0.1) is 0 Å². The Labute approximate surface area is 190 Å². The fourth-order valence-corrected chi connectivity index (χ4v) is 6.07. The van der Waals surface area contributed by atoms with E-state index in [1.54, 1.807) is 11.9 Å². The summed E-state index contributed by atoms with van der Waals surface area (Å²) >= 11 is 0. The molecule has 0 radical (unpaired) electrons. The smallest absolute Gasteiger partial charge is 0.333 e. The highest BCUT2D eigenvalue weighted by Crippen LogP contribution is 2.38. The summed E-state index contributed by atoms with van der Waals surface area (Å²) in [5, 5.41) is 3.80. The van der Waals surface area contributed by atoms with Crippen molar-refractivity contribution in [2.45, 2.75) is 70.6 Å². The van der Waals surface area contributed by atoms with Gasteiger partial charge in [-0.2, -0.15) is 0 Å². The van der Waals surface area contributed by atoms with Crippen molar-refractivity contribution < 1.29 is 18.0 Å². The molecule has 0 spiro atoms. The molecule has 3 amide bonds. The van der Waals surface area contributed by atoms with Gasteiger partial charge in [0.15, 0.2) is 0 Å². The number of urea groups is 1. The SMILES string of the molecule is CN(C/C=C/S(=O)(=O)NC(=O)Nc1c2c(cc3c1CCC3)CCC2)C(=O)C1CCCCC1. The number of hydrogen-bond donors (Lipinski definition) is 2. The summed E-state index contributed by atoms with van der Waals surface area (Å²) in [7, 11) is -2.27. The summed E-state index contributed by atoms with van der Waals surface area (Å²) in [6.45, 7) is 0.192. The van der Waals surface area contributed by atoms with Crippen LogP contribution < -0.4 is 10.0 Å². The summed E-state index contributed by atoms with van der Waals surface area (Å²) in [5.41, 5.74) is 5.65. The van der Waals surface area contributed by atoms with Crippen molar-refractivity contribution in [3.63, 3.8) is 0 Å². The summed E-state index contributed by atoms with van der Waals surface area (Å²) in [6, 6.07) is 1.52. The molecule has 1 fully saturated rings. The molecule has 3 aliphatic rings. The predicted molar refractivity (Wildman–Crippen MR) is 125 cm³/mol. The first-order chi connectivity index (χ1) is 15.3. The number of hydrogen-bond acceptors (Lipinski definition) is 4. The zero-order chi connectivity index (χ0) is 22.7. The van der Waals surface area contributed by atoms with Gasteiger partial charge in [-0.3, -0.25) is 4.79 Å². The lowest BCUT2D eigenvalue weighted by atomic mass is 9.88. The second-order valence-electron chi connectivity index (χ2n) is 9.26. The average molecular weight is 460 g/mol. The van der Waals surface area contributed by atoms with Crippen LogP contribution in [0.3, 0.4) is 0 Å². The number of benzene rings is 1. The van der Waals surface area contributed by atoms with E-state index in [-0.39, 0.29) is 18.4 Å². The number of amides is 3. The van der Waals surface area contributed by atoms with Crippen LogP contribution in [0, 0.1) is 5.92 Å². The van der Waals surface area contributed by atoms with Crippen LogP contribution in [0.25, 0.3) is 0 Å². The molecular formula is C24H33N3O4S. The number of carbonyl (C=O) groups is 2. The third-order valence-corrected chi connectivity index (χ3v) is 7.95. The molecule has 0 aromatic heterocycles. The van der Waals surface area contributed by atoms with Crippen molar-refractivity contribution >= 4 is 27.6 Å². The Morgan fingerprint density at radius 3 is 2.25 bits per heavy atom. The number of carbonyl (C=O) groups excluding carboxylic acids is 2. The Morgan fingerprint density at radius 2 is 1.62 bits per heavy atom. The van der Waals surface area contributed by atoms with Crippen LogP contribution in [0.5, 0.6) is 0 Å². The van der Waals surface area contributed by atoms with Gasteiger partial charge in [0.2, 0.25) is 5.91 Å². The van der Waals surface area contributed by atoms with Gasteiger partial charge in [-0.15, -0.1) is 0 Å². The molecule has 1 aromatic carbocycles. The first-order valence-electron chi connectivity index (χ1n) is 11.8. The minimum Gasteiger partial charge on any atom is -0.342 e. The second-order valence-corrected chi connectivity index (χ2v) is 10.8. The van der Waals surface area contributed by atoms with Gasteiger partial charge < -0.3 is 10.2 Å². The first-order valence-corrected chi connectivity index (χ1v) is 13.3. The largest absolute Gasteiger partial charge is 0.342 e. The molecular weight excluding hydrogens is 426 g/mol. The maximum Gasteiger partial charge on any atom is 0.333 e. The Hall–Kier alpha value is -2.35. The first kappa shape index (κ1) is 22.8. The molecule has 32 heavy (non-hydrogen) atoms. The monoisotopic (exact) mass is 459 g/mol. The van der Waals surface area contributed by atoms with Crippen molar-refractivity contribution in [3.05, 3.63) is 39.8 Å². The van der Waals surface area contributed by atoms with E-state index < -0.39 is 16.1 Å². The van der Waals surface area contributed by atoms with E-state index in [2.05, 4.69) is 16.1 Å². The molecule has 0 atom stereocenters. The number of fused-ring (bicyclic) bond motifs is 2. The third kappa shape index (κ3) is 5.17. The van der Waals surface area contributed by atoms with Crippen molar-refractivity contribution in [1.29, 1.82) is 0 Å². The number of nitrogens with zero attached hydrogens (tertiary/aromatic N) is 1. The molecule has 1 aromatic rings. The highest BCUT2D eigenvalue weighted by molar-refractivity contribution is 7.92. The van der Waals surface area contributed by atoms with Gasteiger partial charge in [-0.05, 0) is 73.6 Å². The van der Waals surface area contributed by atoms with E-state index in [0.717, 1.165) is 86.4 Å². The van der Waals surface area contributed by atoms with Crippen LogP contribution in [0.2, 0.25) is 0 Å². The standard InChI is InChI=1S/C24H33N3O4S/c1-27(23(28)17-8-3-2-4-9-17)14-7-15-32(30,31)26-24(29)25-22-20-12-5-10-18(20)16-19-11-6-13-21(19)22/h7,15-17H,2-6,8-14H2,1H3,(H2,25,26,29)/b15-7+. The van der Waals surface area contributed by atoms with Crippen molar-refractivity contribution in [2.24, 2.45) is 5.92 Å². The van der Waals surface area contributed by atoms with E-state index in [1.807, 2.05) is 0 Å². The minimum atomic E-state index is -3.96. The topological polar surface area (TPSA) is 95.6 Å². The molecule has 1 saturated carbocycles. The van der Waals surface area contributed by atoms with Gasteiger partial charge in [-0.1, -0.05) is 31.4 Å². The van der Waals surface area contributed by atoms with Crippen LogP contribution in [0.1, 0.15) is 67.2 Å². The molecule has 0 aliphatic heterocycles. The molecule has 3 aliphatic carbocycles. The maximum atomic E-state index is 12.5. The highest BCUT2D eigenvalue weighted by atomic mass is 32.2. The molecule has 0 unspecified atom stereocenters. The summed E-state index contributed by atoms with van der Waals surface area (Å²) in [5.74, 6) is 0.0984. The van der Waals surface area contributed by atoms with Crippen LogP contribution in [-0.2, 0) is 40.5 Å². The normalized spacial score (nSPS) is 18.4. The second kappa shape index (κ2) is 9.65. The van der Waals surface area contributed by atoms with Crippen LogP contribution >= 0.6 is 0 Å². The van der Waals surface area contributed by atoms with E-state index >= 15 is 0 Å². The summed E-state index contributed by atoms with van der Waals surface area (Å²) in [6.07, 6.45) is 12.5. The molecule has 8 heteroatoms. The molecule has 4 rings (SSSR count). The van der Waals surface area contributed by atoms with Crippen LogP contribution in [0.4, 0.5) is 10.5 Å². The van der Waals surface area contributed by atoms with Gasteiger partial charge in [0, 0.05) is 30.6 Å². The fourth-order valence-electron chi connectivity index (χ4n) is 5.35. The maximum absolute atomic E-state index is 12.5. The van der Waals surface area contributed by atoms with Gasteiger partial charge in [0.25, 0.3) is 10.0 Å². The number of anilines is 1. The Balaban J connectivity index is 1.35. The zero-order valence-electron chi connectivity index (χ0n) is 18.8. The van der Waals surface area contributed by atoms with Crippen molar-refractivity contribution in [1.82, 2.24) is 9.62 Å². The summed E-state index contributed by atoms with van der Waals surface area (Å²) < 4.78 is 26.9. The van der Waals surface area contributed by atoms with Gasteiger partial charge in [0.1, 0.15) is 0 Å². The predicted octanol–water partition coefficient (Wildman–Crippen LogP) is 3.67. The molecule has 0 heterocycles. The Kier molecular flexibility index (Phi) is 6.88. The Morgan fingerprint density at radius 1 is 1.00 bits per heavy atom. The van der Waals surface area contributed by atoms with E-state index in [0.29, 0.717) is 0 Å². The number of rotatable bonds is 6. The van der Waals surface area contributed by atoms with Crippen molar-refractivity contribution in [2.75, 3.05) is 18.9 Å². The van der Waals surface area contributed by atoms with Gasteiger partial charge >= 0.3 is 6.03 Å². The minimum absolute atomic E-state index is 0.0389. The highest BCUT2D eigenvalue weighted by Gasteiger charge is 2.26. The lowest BCUT2D eigenvalue weighted by molar-refractivity contribution is -0.134. The molecule has 0 saturated heterocycles. The molecule has 7 nitrogen and oxygen atoms in total. The number of nitrogens with one attached hydrogen (secondary N) is 2. The average Bonchev–Trinajstić information content (AvgIpc) is 3.42. The molecule has 0 bridgehead atoms. The van der Waals surface area contributed by atoms with E-state index in [1.165, 1.54) is 23.6 Å². The van der Waals surface area contributed by atoms with Crippen LogP contribution in [0.15, 0.2) is 17.6 Å². The van der Waals surface area contributed by atoms with E-state index in [9.17, 15) is 18.0 Å². The quantitative estimate of drug-likeness (QED) is 0.679. The Bertz CT molecular complexity index is 994. The van der Waals surface area contributed by atoms with Crippen LogP contribution in [-0.4, -0.2) is 38.8 Å². The van der Waals surface area contributed by atoms with Crippen molar-refractivity contribution in [3.8, 4) is 0 Å². The zero-order valence-corrected chi connectivity index (χ0v) is 19.6. The lowest BCUT2D eigenvalue weighted by Crippen LogP contribution is -2.35. The fraction of sp³-hybridized carbons (Fsp3) is 0.583. The molecule has 2 N–H and O–H groups in total. The third-order valence-electron chi connectivity index (χ3n) is 6.93. The number of likely N-dealkylation sites (N-methyl/N-ethyl adjacent to an activating group) is 1. The molecule has 174 valence electrons. The number of aryl methyl sites for hydroxylation is 2. The summed E-state index contributed by atoms with van der Waals surface area (Å²) in [4.78, 5) is 26.6. The lowest BCUT2D eigenvalue weighted by Gasteiger charge is -2.25. The van der Waals surface area contributed by atoms with Gasteiger partial charge in [-0.25, -0.2) is 17.9 Å². The van der Waals surface area contributed by atoms with E-state index in [4.69, 9.17) is 0 Å². The number of sulfonamides is 1.